The van der Waals surface area contributed by atoms with Crippen molar-refractivity contribution >= 4 is 78.2 Å². The van der Waals surface area contributed by atoms with Crippen LogP contribution in [0.1, 0.15) is 64.3 Å². The summed E-state index contributed by atoms with van der Waals surface area (Å²) in [6.45, 7) is 0.518. The van der Waals surface area contributed by atoms with E-state index in [1.807, 2.05) is 54.6 Å². The molecule has 0 fully saturated rings. The van der Waals surface area contributed by atoms with Crippen molar-refractivity contribution in [1.82, 2.24) is 10.6 Å². The minimum absolute atomic E-state index is 0.0159. The first kappa shape index (κ1) is 34.3. The monoisotopic (exact) mass is 663 g/mol. The lowest BCUT2D eigenvalue weighted by atomic mass is 9.95. The molecule has 0 spiro atoms. The van der Waals surface area contributed by atoms with Gasteiger partial charge in [0.1, 0.15) is 0 Å². The van der Waals surface area contributed by atoms with Crippen molar-refractivity contribution in [3.8, 4) is 0 Å². The van der Waals surface area contributed by atoms with Gasteiger partial charge >= 0.3 is 5.97 Å². The summed E-state index contributed by atoms with van der Waals surface area (Å²) in [5, 5.41) is 16.6. The third-order valence-electron chi connectivity index (χ3n) is 7.41. The van der Waals surface area contributed by atoms with Crippen LogP contribution in [0.4, 0.5) is 0 Å². The largest absolute Gasteiger partial charge is 0.481 e. The molecule has 2 heterocycles. The number of nitrogens with zero attached hydrogens (tertiary/aromatic N) is 1. The number of hydrogen-bond donors (Lipinski definition) is 5. The molecule has 4 aromatic rings. The molecule has 0 aliphatic rings. The fraction of sp³-hybridized carbons (Fsp3) is 0.333. The number of carboxylic acid groups (broad SMARTS) is 1. The summed E-state index contributed by atoms with van der Waals surface area (Å²) in [7, 11) is 0. The molecule has 242 valence electrons. The molecule has 0 bridgehead atoms. The smallest absolute Gasteiger partial charge is 0.303 e. The van der Waals surface area contributed by atoms with Crippen molar-refractivity contribution < 1.29 is 29.1 Å². The Hall–Kier alpha value is -4.62. The van der Waals surface area contributed by atoms with Gasteiger partial charge in [-0.3, -0.25) is 29.0 Å². The molecular formula is C33H37N5O6S2. The fourth-order valence-corrected chi connectivity index (χ4v) is 7.00. The summed E-state index contributed by atoms with van der Waals surface area (Å²) in [4.78, 5) is 68.5. The van der Waals surface area contributed by atoms with Crippen LogP contribution in [0.2, 0.25) is 0 Å². The molecule has 4 rings (SSSR count). The summed E-state index contributed by atoms with van der Waals surface area (Å²) in [5.74, 6) is -3.01. The number of benzene rings is 2. The number of fused-ring (bicyclic) bond motifs is 2. The lowest BCUT2D eigenvalue weighted by Gasteiger charge is -2.19. The van der Waals surface area contributed by atoms with E-state index >= 15 is 0 Å². The van der Waals surface area contributed by atoms with E-state index in [9.17, 15) is 24.0 Å². The van der Waals surface area contributed by atoms with Crippen LogP contribution >= 0.6 is 22.7 Å². The molecule has 0 saturated carbocycles. The summed E-state index contributed by atoms with van der Waals surface area (Å²) in [6.07, 6.45) is 0.872. The molecule has 2 amide bonds. The number of hydrogen-bond acceptors (Lipinski definition) is 8. The first-order valence-corrected chi connectivity index (χ1v) is 16.6. The van der Waals surface area contributed by atoms with E-state index in [1.165, 1.54) is 22.7 Å². The molecule has 1 unspecified atom stereocenters. The topological polar surface area (TPSA) is 194 Å². The number of rotatable bonds is 18. The van der Waals surface area contributed by atoms with Gasteiger partial charge in [-0.05, 0) is 60.7 Å². The van der Waals surface area contributed by atoms with Crippen molar-refractivity contribution in [1.29, 1.82) is 0 Å². The van der Waals surface area contributed by atoms with Gasteiger partial charge in [0.15, 0.2) is 17.5 Å². The fourth-order valence-electron chi connectivity index (χ4n) is 5.02. The van der Waals surface area contributed by atoms with E-state index in [-0.39, 0.29) is 49.9 Å². The Bertz CT molecular complexity index is 1680. The zero-order valence-corrected chi connectivity index (χ0v) is 26.8. The van der Waals surface area contributed by atoms with Crippen LogP contribution in [0.3, 0.4) is 0 Å². The number of amides is 2. The Morgan fingerprint density at radius 2 is 1.46 bits per heavy atom. The molecule has 0 aliphatic heterocycles. The molecule has 0 saturated heterocycles. The minimum Gasteiger partial charge on any atom is -0.481 e. The second-order valence-corrected chi connectivity index (χ2v) is 13.1. The van der Waals surface area contributed by atoms with Crippen LogP contribution in [-0.2, 0) is 14.4 Å². The third kappa shape index (κ3) is 9.94. The van der Waals surface area contributed by atoms with E-state index in [2.05, 4.69) is 15.6 Å². The maximum atomic E-state index is 13.3. The van der Waals surface area contributed by atoms with Crippen LogP contribution in [0.15, 0.2) is 65.7 Å². The molecule has 0 aliphatic carbocycles. The lowest BCUT2D eigenvalue weighted by molar-refractivity contribution is -0.138. The Kier molecular flexibility index (Phi) is 12.4. The maximum Gasteiger partial charge on any atom is 0.303 e. The highest BCUT2D eigenvalue weighted by Crippen LogP contribution is 2.28. The van der Waals surface area contributed by atoms with E-state index in [0.29, 0.717) is 35.6 Å². The molecule has 2 aromatic heterocycles. The van der Waals surface area contributed by atoms with E-state index in [0.717, 1.165) is 20.2 Å². The van der Waals surface area contributed by atoms with Crippen molar-refractivity contribution in [2.45, 2.75) is 51.0 Å². The number of ketones is 2. The first-order chi connectivity index (χ1) is 22.1. The average Bonchev–Trinajstić information content (AvgIpc) is 3.67. The molecule has 2 aromatic carbocycles. The van der Waals surface area contributed by atoms with Gasteiger partial charge < -0.3 is 27.2 Å². The second kappa shape index (κ2) is 16.6. The number of aliphatic imine (C=N–C) groups is 1. The van der Waals surface area contributed by atoms with Crippen molar-refractivity contribution in [2.75, 3.05) is 13.1 Å². The normalized spacial score (nSPS) is 12.3. The summed E-state index contributed by atoms with van der Waals surface area (Å²) in [5.41, 5.74) is 10.8. The highest BCUT2D eigenvalue weighted by Gasteiger charge is 2.25. The van der Waals surface area contributed by atoms with Gasteiger partial charge in [-0.2, -0.15) is 0 Å². The van der Waals surface area contributed by atoms with Gasteiger partial charge in [-0.1, -0.05) is 36.4 Å². The van der Waals surface area contributed by atoms with Gasteiger partial charge in [-0.25, -0.2) is 0 Å². The molecule has 2 atom stereocenters. The average molecular weight is 664 g/mol. The minimum atomic E-state index is -1.11. The molecule has 13 heteroatoms. The van der Waals surface area contributed by atoms with E-state index < -0.39 is 29.6 Å². The quantitative estimate of drug-likeness (QED) is 0.0445. The second-order valence-electron chi connectivity index (χ2n) is 10.9. The number of carbonyl (C=O) groups excluding carboxylic acids is 4. The predicted molar refractivity (Wildman–Crippen MR) is 181 cm³/mol. The Morgan fingerprint density at radius 3 is 2.09 bits per heavy atom. The van der Waals surface area contributed by atoms with Gasteiger partial charge in [0, 0.05) is 41.2 Å². The highest BCUT2D eigenvalue weighted by atomic mass is 32.1. The van der Waals surface area contributed by atoms with Crippen LogP contribution in [-0.4, -0.2) is 59.5 Å². The van der Waals surface area contributed by atoms with Gasteiger partial charge in [0.25, 0.3) is 5.91 Å². The van der Waals surface area contributed by atoms with Crippen molar-refractivity contribution in [3.05, 3.63) is 70.4 Å². The summed E-state index contributed by atoms with van der Waals surface area (Å²) >= 11 is 2.69. The third-order valence-corrected chi connectivity index (χ3v) is 9.68. The number of thiophene rings is 2. The van der Waals surface area contributed by atoms with Gasteiger partial charge in [0.05, 0.1) is 22.2 Å². The first-order valence-electron chi connectivity index (χ1n) is 15.0. The molecular weight excluding hydrogens is 627 g/mol. The number of Topliss-reactive ketones (excluding diaryl/α,β-unsaturated/α-hetero) is 2. The number of guanidine groups is 1. The molecule has 46 heavy (non-hydrogen) atoms. The highest BCUT2D eigenvalue weighted by molar-refractivity contribution is 7.21. The Morgan fingerprint density at radius 1 is 0.826 bits per heavy atom. The van der Waals surface area contributed by atoms with Crippen molar-refractivity contribution in [3.63, 3.8) is 0 Å². The number of nitrogens with one attached hydrogen (secondary N) is 2. The Labute approximate surface area is 274 Å². The number of nitrogens with two attached hydrogens (primary N) is 2. The number of carbonyl (C=O) groups is 5. The van der Waals surface area contributed by atoms with Crippen LogP contribution < -0.4 is 22.1 Å². The van der Waals surface area contributed by atoms with Gasteiger partial charge in [0.2, 0.25) is 5.91 Å². The maximum absolute atomic E-state index is 13.3. The molecule has 7 N–H and O–H groups in total. The SMILES string of the molecule is NC(N)=NCCC[C@@H](CC(=O)c1cc2ccccc2s1)C(=O)NCCCC(NC(=O)c1cc2ccccc2s1)C(=O)CCC(=O)O. The predicted octanol–water partition coefficient (Wildman–Crippen LogP) is 4.49. The Balaban J connectivity index is 1.36. The zero-order valence-electron chi connectivity index (χ0n) is 25.2. The zero-order chi connectivity index (χ0) is 33.1. The van der Waals surface area contributed by atoms with Crippen LogP contribution in [0.5, 0.6) is 0 Å². The molecule has 0 radical (unpaired) electrons. The lowest BCUT2D eigenvalue weighted by Crippen LogP contribution is -2.41. The van der Waals surface area contributed by atoms with Crippen LogP contribution in [0.25, 0.3) is 20.2 Å². The molecule has 11 nitrogen and oxygen atoms in total. The van der Waals surface area contributed by atoms with E-state index in [4.69, 9.17) is 16.6 Å². The van der Waals surface area contributed by atoms with E-state index in [1.54, 1.807) is 6.07 Å². The van der Waals surface area contributed by atoms with Crippen LogP contribution in [0, 0.1) is 5.92 Å². The number of carboxylic acids is 1. The summed E-state index contributed by atoms with van der Waals surface area (Å²) < 4.78 is 1.93. The van der Waals surface area contributed by atoms with Crippen molar-refractivity contribution in [2.24, 2.45) is 22.4 Å². The summed E-state index contributed by atoms with van der Waals surface area (Å²) in [6, 6.07) is 17.9. The number of aliphatic carboxylic acids is 1. The standard InChI is InChI=1S/C33H37N5O6S2/c34-33(35)37-16-5-9-22(17-25(40)28-18-20-7-1-3-11-26(20)45-28)31(43)36-15-6-10-23(24(39)13-14-30(41)42)38-32(44)29-19-21-8-2-4-12-27(21)46-29/h1-4,7-8,11-12,18-19,22-23H,5-6,9-10,13-17H2,(H,36,43)(H,38,44)(H,41,42)(H4,34,35,37)/t22-,23?/m0/s1. The van der Waals surface area contributed by atoms with Gasteiger partial charge in [-0.15, -0.1) is 22.7 Å².